The molecule has 7 aromatic rings. The molecule has 0 radical (unpaired) electrons. The molecule has 0 saturated heterocycles. The first-order valence-corrected chi connectivity index (χ1v) is 27.9. The molecular formula is C39H25ClN9Na5O21S6. The van der Waals surface area contributed by atoms with Gasteiger partial charge in [-0.3, -0.25) is 5.04 Å². The number of rotatable bonds is 19. The number of sulfone groups is 1. The van der Waals surface area contributed by atoms with Crippen LogP contribution in [0.1, 0.15) is 0 Å². The number of benzene rings is 6. The molecule has 7 rings (SSSR count). The fourth-order valence-corrected chi connectivity index (χ4v) is 10.6. The number of ether oxygens (including phenoxy) is 2. The normalized spacial score (nSPS) is 11.9. The second-order valence-electron chi connectivity index (χ2n) is 14.6. The van der Waals surface area contributed by atoms with Gasteiger partial charge in [0.15, 0.2) is 21.3 Å². The van der Waals surface area contributed by atoms with E-state index >= 15 is 0 Å². The minimum atomic E-state index is -5.60. The first-order chi connectivity index (χ1) is 35.5. The standard InChI is InChI=1S/C39H30ClN9O21S6.5Na/c1-4-72(53,54)21-15-26(68-3)32(30(16-21)76(64,65)66)47-48-33-27(71-70-69-52)11-18-10-22(73(55,56)57)14-25(31(18)36(33)51)42-39-44-37(40)43-38(45-39)41-19-5-7-23-17(9-19)12-29(75(61,62)63)34(35(23)50)49-46-24-8-6-20(67-2)13-28(24)74(58,59)60;;;;;/h4-16,50-52H,1H2,2-3H3,(H,55,56,57)(H,58,59,60)(H,61,62,63)(H,64,65,66)(H2,41,42,43,44,45);;;;;/q;5*+1/p-5. The Kier molecular flexibility index (Phi) is 27.6. The topological polar surface area (TPSA) is 476 Å². The van der Waals surface area contributed by atoms with Crippen molar-refractivity contribution in [2.45, 2.75) is 29.4 Å². The van der Waals surface area contributed by atoms with Gasteiger partial charge in [0, 0.05) is 27.9 Å². The van der Waals surface area contributed by atoms with Gasteiger partial charge in [-0.2, -0.15) is 19.3 Å². The van der Waals surface area contributed by atoms with Crippen LogP contribution in [0.15, 0.2) is 135 Å². The van der Waals surface area contributed by atoms with Gasteiger partial charge < -0.3 is 53.8 Å². The Morgan fingerprint density at radius 1 is 0.617 bits per heavy atom. The van der Waals surface area contributed by atoms with Crippen molar-refractivity contribution in [1.29, 1.82) is 0 Å². The van der Waals surface area contributed by atoms with E-state index in [9.17, 15) is 75.8 Å². The van der Waals surface area contributed by atoms with Gasteiger partial charge in [0.1, 0.15) is 74.7 Å². The van der Waals surface area contributed by atoms with E-state index < -0.39 is 148 Å². The molecule has 81 heavy (non-hydrogen) atoms. The maximum absolute atomic E-state index is 12.6. The summed E-state index contributed by atoms with van der Waals surface area (Å²) in [5.74, 6) is -3.69. The van der Waals surface area contributed by atoms with Gasteiger partial charge in [-0.05, 0) is 89.1 Å². The fourth-order valence-electron chi connectivity index (χ4n) is 6.71. The van der Waals surface area contributed by atoms with E-state index in [1.165, 1.54) is 31.4 Å². The first kappa shape index (κ1) is 74.8. The van der Waals surface area contributed by atoms with E-state index in [1.54, 1.807) is 0 Å². The van der Waals surface area contributed by atoms with Crippen molar-refractivity contribution in [3.8, 4) is 23.0 Å². The van der Waals surface area contributed by atoms with Crippen LogP contribution in [-0.2, 0) is 59.7 Å². The summed E-state index contributed by atoms with van der Waals surface area (Å²) in [7, 11) is -23.9. The summed E-state index contributed by atoms with van der Waals surface area (Å²) >= 11 is 6.25. The van der Waals surface area contributed by atoms with Crippen molar-refractivity contribution in [3.63, 3.8) is 0 Å². The van der Waals surface area contributed by atoms with Crippen molar-refractivity contribution >= 4 is 142 Å². The van der Waals surface area contributed by atoms with Gasteiger partial charge in [0.2, 0.25) is 17.2 Å². The number of hydrogen-bond donors (Lipinski definition) is 4. The first-order valence-electron chi connectivity index (χ1n) is 19.6. The van der Waals surface area contributed by atoms with E-state index in [-0.39, 0.29) is 187 Å². The molecule has 400 valence electrons. The zero-order valence-corrected chi connectivity index (χ0v) is 58.0. The van der Waals surface area contributed by atoms with Gasteiger partial charge in [-0.1, -0.05) is 6.58 Å². The fraction of sp³-hybridized carbons (Fsp3) is 0.0513. The zero-order valence-electron chi connectivity index (χ0n) is 42.3. The second-order valence-corrected chi connectivity index (χ2v) is 23.0. The molecule has 0 bridgehead atoms. The van der Waals surface area contributed by atoms with Gasteiger partial charge in [-0.25, -0.2) is 42.1 Å². The molecular weight excluding hydrogens is 1270 g/mol. The molecule has 30 nitrogen and oxygen atoms in total. The summed E-state index contributed by atoms with van der Waals surface area (Å²) < 4.78 is 187. The average molecular weight is 1300 g/mol. The number of aromatic hydroxyl groups is 2. The zero-order chi connectivity index (χ0) is 55.9. The Labute approximate surface area is 578 Å². The number of hydrogen-bond acceptors (Lipinski definition) is 31. The van der Waals surface area contributed by atoms with E-state index in [0.717, 1.165) is 43.5 Å². The van der Waals surface area contributed by atoms with Crippen molar-refractivity contribution in [2.24, 2.45) is 20.5 Å². The largest absolute Gasteiger partial charge is 1.00 e. The quantitative estimate of drug-likeness (QED) is 0.0146. The molecule has 4 N–H and O–H groups in total. The number of nitrogens with one attached hydrogen (secondary N) is 2. The predicted octanol–water partition coefficient (Wildman–Crippen LogP) is -9.64. The number of phenolic OH excluding ortho intramolecular Hbond substituents is 2. The summed E-state index contributed by atoms with van der Waals surface area (Å²) in [6.45, 7) is 3.14. The van der Waals surface area contributed by atoms with Crippen molar-refractivity contribution < 1.29 is 242 Å². The van der Waals surface area contributed by atoms with Crippen molar-refractivity contribution in [3.05, 3.63) is 90.1 Å². The molecule has 42 heteroatoms. The number of aromatic nitrogens is 3. The molecule has 0 amide bonds. The molecule has 6 aromatic carbocycles. The maximum atomic E-state index is 12.6. The Balaban J connectivity index is 0.00000448. The molecule has 1 aromatic heterocycles. The third kappa shape index (κ3) is 17.7. The molecule has 0 atom stereocenters. The molecule has 0 aliphatic carbocycles. The summed E-state index contributed by atoms with van der Waals surface area (Å²) in [5.41, 5.74) is -3.74. The number of halogens is 1. The Bertz CT molecular complexity index is 4260. The molecule has 0 aliphatic rings. The number of anilines is 4. The van der Waals surface area contributed by atoms with Gasteiger partial charge in [0.25, 0.3) is 0 Å². The van der Waals surface area contributed by atoms with Crippen LogP contribution in [0, 0.1) is 0 Å². The van der Waals surface area contributed by atoms with Crippen LogP contribution in [-0.4, -0.2) is 99.7 Å². The van der Waals surface area contributed by atoms with Crippen LogP contribution in [0.2, 0.25) is 5.28 Å². The molecule has 1 heterocycles. The summed E-state index contributed by atoms with van der Waals surface area (Å²) in [6.07, 6.45) is 0. The molecule has 0 spiro atoms. The van der Waals surface area contributed by atoms with Crippen LogP contribution >= 0.6 is 23.6 Å². The third-order valence-corrected chi connectivity index (χ3v) is 15.5. The second kappa shape index (κ2) is 29.9. The Morgan fingerprint density at radius 3 is 1.78 bits per heavy atom. The molecule has 0 unspecified atom stereocenters. The Hall–Kier alpha value is -2.30. The van der Waals surface area contributed by atoms with Crippen LogP contribution in [0.3, 0.4) is 0 Å². The minimum Gasteiger partial charge on any atom is -0.744 e. The van der Waals surface area contributed by atoms with Crippen molar-refractivity contribution in [1.82, 2.24) is 15.0 Å². The van der Waals surface area contributed by atoms with Crippen molar-refractivity contribution in [2.75, 3.05) is 24.9 Å². The Morgan fingerprint density at radius 2 is 1.21 bits per heavy atom. The van der Waals surface area contributed by atoms with E-state index in [2.05, 4.69) is 62.0 Å². The summed E-state index contributed by atoms with van der Waals surface area (Å²) in [4.78, 5) is 6.46. The van der Waals surface area contributed by atoms with Crippen LogP contribution in [0.25, 0.3) is 21.5 Å². The SMILES string of the molecule is C=CS(=O)(=O)c1cc(OC)c(N=Nc2c(SOO[O-])cc3cc(S(=O)(=O)[O-])cc(Nc4nc(Cl)nc(Nc5ccc6c(O)c(N=Nc7ccc(OC)cc7S(=O)(=O)[O-])c(S(=O)(=O)[O-])cc6c5)n4)c3c2O)c(S(=O)(=O)[O-])c1.[Na+].[Na+].[Na+].[Na+].[Na+]. The predicted molar refractivity (Wildman–Crippen MR) is 254 cm³/mol. The van der Waals surface area contributed by atoms with Gasteiger partial charge in [-0.15, -0.1) is 20.5 Å². The smallest absolute Gasteiger partial charge is 0.744 e. The van der Waals surface area contributed by atoms with Gasteiger partial charge >= 0.3 is 148 Å². The van der Waals surface area contributed by atoms with E-state index in [0.29, 0.717) is 17.5 Å². The van der Waals surface area contributed by atoms with Gasteiger partial charge in [0.05, 0.1) is 61.3 Å². The van der Waals surface area contributed by atoms with E-state index in [1.807, 2.05) is 0 Å². The minimum absolute atomic E-state index is 0. The summed E-state index contributed by atoms with van der Waals surface area (Å²) in [5, 5.41) is 56.1. The monoisotopic (exact) mass is 1300 g/mol. The number of methoxy groups -OCH3 is 2. The third-order valence-electron chi connectivity index (χ3n) is 9.99. The van der Waals surface area contributed by atoms with Crippen LogP contribution in [0.5, 0.6) is 23.0 Å². The number of phenols is 2. The maximum Gasteiger partial charge on any atom is 1.00 e. The molecule has 0 aliphatic heterocycles. The van der Waals surface area contributed by atoms with E-state index in [4.69, 9.17) is 21.1 Å². The van der Waals surface area contributed by atoms with Crippen LogP contribution in [0.4, 0.5) is 46.0 Å². The summed E-state index contributed by atoms with van der Waals surface area (Å²) in [6, 6.07) is 11.0. The average Bonchev–Trinajstić information content (AvgIpc) is 3.33. The molecule has 0 fully saturated rings. The number of azo groups is 2. The van der Waals surface area contributed by atoms with Crippen LogP contribution < -0.4 is 173 Å². The molecule has 0 saturated carbocycles. The number of fused-ring (bicyclic) bond motifs is 2. The number of nitrogens with zero attached hydrogens (tertiary/aromatic N) is 7.